The molecule has 4 rings (SSSR count). The number of fused-ring (bicyclic) bond motifs is 2. The van der Waals surface area contributed by atoms with Crippen molar-refractivity contribution in [3.63, 3.8) is 0 Å². The van der Waals surface area contributed by atoms with Crippen LogP contribution in [0.15, 0.2) is 40.2 Å². The first kappa shape index (κ1) is 17.2. The second-order valence-corrected chi connectivity index (χ2v) is 7.10. The van der Waals surface area contributed by atoms with E-state index in [0.717, 1.165) is 14.8 Å². The molecule has 27 heavy (non-hydrogen) atoms. The monoisotopic (exact) mass is 385 g/mol. The fourth-order valence-corrected chi connectivity index (χ4v) is 3.71. The van der Waals surface area contributed by atoms with Gasteiger partial charge in [-0.2, -0.15) is 0 Å². The van der Waals surface area contributed by atoms with E-state index < -0.39 is 17.2 Å². The number of para-hydroxylation sites is 1. The van der Waals surface area contributed by atoms with Crippen molar-refractivity contribution in [1.29, 1.82) is 0 Å². The minimum absolute atomic E-state index is 0.0569. The van der Waals surface area contributed by atoms with E-state index >= 15 is 0 Å². The largest absolute Gasteiger partial charge is 0.457 e. The summed E-state index contributed by atoms with van der Waals surface area (Å²) in [6, 6.07) is 7.68. The van der Waals surface area contributed by atoms with Gasteiger partial charge in [-0.15, -0.1) is 11.3 Å². The molecule has 0 saturated carbocycles. The Bertz CT molecular complexity index is 1260. The fraction of sp³-hybridized carbons (Fsp3) is 0.235. The van der Waals surface area contributed by atoms with Crippen LogP contribution in [0.25, 0.3) is 21.4 Å². The number of hydrogen-bond acceptors (Lipinski definition) is 7. The summed E-state index contributed by atoms with van der Waals surface area (Å²) >= 11 is 1.46. The second kappa shape index (κ2) is 6.47. The van der Waals surface area contributed by atoms with Crippen molar-refractivity contribution < 1.29 is 9.53 Å². The van der Waals surface area contributed by atoms with Crippen molar-refractivity contribution in [2.24, 2.45) is 14.1 Å². The molecule has 1 aromatic carbocycles. The number of aryl methyl sites for hydroxylation is 1. The molecule has 0 radical (unpaired) electrons. The SMILES string of the molecule is Cn1c(=O)c2c(ncn2CC(=O)OCc2nc3ccccc3s2)n(C)c1=O. The van der Waals surface area contributed by atoms with E-state index in [9.17, 15) is 14.4 Å². The number of benzene rings is 1. The molecule has 0 aliphatic carbocycles. The van der Waals surface area contributed by atoms with Crippen LogP contribution in [-0.2, 0) is 36.8 Å². The fourth-order valence-electron chi connectivity index (χ4n) is 2.83. The third-order valence-corrected chi connectivity index (χ3v) is 5.22. The number of ether oxygens (including phenoxy) is 1. The van der Waals surface area contributed by atoms with Crippen molar-refractivity contribution in [3.8, 4) is 0 Å². The van der Waals surface area contributed by atoms with Crippen LogP contribution in [0.3, 0.4) is 0 Å². The summed E-state index contributed by atoms with van der Waals surface area (Å²) in [4.78, 5) is 45.0. The van der Waals surface area contributed by atoms with Gasteiger partial charge in [0.2, 0.25) is 0 Å². The van der Waals surface area contributed by atoms with Crippen LogP contribution in [0.2, 0.25) is 0 Å². The van der Waals surface area contributed by atoms with Gasteiger partial charge in [0.25, 0.3) is 5.56 Å². The molecular weight excluding hydrogens is 370 g/mol. The van der Waals surface area contributed by atoms with E-state index in [2.05, 4.69) is 9.97 Å². The number of esters is 1. The maximum Gasteiger partial charge on any atom is 0.332 e. The van der Waals surface area contributed by atoms with E-state index in [-0.39, 0.29) is 24.3 Å². The number of hydrogen-bond donors (Lipinski definition) is 0. The Hall–Kier alpha value is -3.27. The van der Waals surface area contributed by atoms with Crippen LogP contribution in [0.5, 0.6) is 0 Å². The molecule has 0 fully saturated rings. The highest BCUT2D eigenvalue weighted by Gasteiger charge is 2.16. The number of nitrogens with zero attached hydrogens (tertiary/aromatic N) is 5. The van der Waals surface area contributed by atoms with Gasteiger partial charge >= 0.3 is 11.7 Å². The quantitative estimate of drug-likeness (QED) is 0.482. The van der Waals surface area contributed by atoms with E-state index in [1.165, 1.54) is 40.9 Å². The van der Waals surface area contributed by atoms with Crippen LogP contribution >= 0.6 is 11.3 Å². The molecule has 9 nitrogen and oxygen atoms in total. The van der Waals surface area contributed by atoms with Crippen molar-refractivity contribution in [2.45, 2.75) is 13.2 Å². The Balaban J connectivity index is 1.54. The van der Waals surface area contributed by atoms with Crippen molar-refractivity contribution >= 4 is 38.7 Å². The average Bonchev–Trinajstić information content (AvgIpc) is 3.26. The van der Waals surface area contributed by atoms with Crippen LogP contribution in [0, 0.1) is 0 Å². The summed E-state index contributed by atoms with van der Waals surface area (Å²) in [5, 5.41) is 0.693. The van der Waals surface area contributed by atoms with Gasteiger partial charge in [-0.3, -0.25) is 18.7 Å². The summed E-state index contributed by atoms with van der Waals surface area (Å²) in [7, 11) is 2.90. The van der Waals surface area contributed by atoms with E-state index in [1.54, 1.807) is 0 Å². The highest BCUT2D eigenvalue weighted by atomic mass is 32.1. The van der Waals surface area contributed by atoms with Crippen LogP contribution < -0.4 is 11.2 Å². The minimum Gasteiger partial charge on any atom is -0.457 e. The number of thiazole rings is 1. The predicted molar refractivity (Wildman–Crippen MR) is 99.6 cm³/mol. The maximum absolute atomic E-state index is 12.4. The van der Waals surface area contributed by atoms with E-state index in [4.69, 9.17) is 4.74 Å². The summed E-state index contributed by atoms with van der Waals surface area (Å²) < 4.78 is 9.94. The Morgan fingerprint density at radius 1 is 1.19 bits per heavy atom. The number of carbonyl (C=O) groups is 1. The van der Waals surface area contributed by atoms with Gasteiger partial charge in [-0.25, -0.2) is 14.8 Å². The zero-order valence-corrected chi connectivity index (χ0v) is 15.4. The first-order chi connectivity index (χ1) is 13.0. The van der Waals surface area contributed by atoms with Crippen molar-refractivity contribution in [3.05, 3.63) is 56.4 Å². The Morgan fingerprint density at radius 2 is 1.96 bits per heavy atom. The molecule has 4 aromatic rings. The lowest BCUT2D eigenvalue weighted by Crippen LogP contribution is -2.37. The smallest absolute Gasteiger partial charge is 0.332 e. The van der Waals surface area contributed by atoms with Gasteiger partial charge in [-0.05, 0) is 12.1 Å². The topological polar surface area (TPSA) is 101 Å². The molecular formula is C17H15N5O4S. The van der Waals surface area contributed by atoms with Crippen molar-refractivity contribution in [1.82, 2.24) is 23.7 Å². The van der Waals surface area contributed by atoms with Gasteiger partial charge in [0.05, 0.1) is 16.5 Å². The van der Waals surface area contributed by atoms with Gasteiger partial charge in [0.15, 0.2) is 11.2 Å². The molecule has 3 heterocycles. The molecule has 0 atom stereocenters. The molecule has 0 unspecified atom stereocenters. The zero-order chi connectivity index (χ0) is 19.1. The number of aromatic nitrogens is 5. The predicted octanol–water partition coefficient (Wildman–Crippen LogP) is 0.787. The highest BCUT2D eigenvalue weighted by molar-refractivity contribution is 7.18. The third kappa shape index (κ3) is 2.93. The van der Waals surface area contributed by atoms with E-state index in [0.29, 0.717) is 5.01 Å². The van der Waals surface area contributed by atoms with Gasteiger partial charge in [0, 0.05) is 14.1 Å². The molecule has 10 heteroatoms. The van der Waals surface area contributed by atoms with Gasteiger partial charge < -0.3 is 9.30 Å². The molecule has 0 spiro atoms. The zero-order valence-electron chi connectivity index (χ0n) is 14.6. The van der Waals surface area contributed by atoms with Crippen molar-refractivity contribution in [2.75, 3.05) is 0 Å². The normalized spacial score (nSPS) is 11.3. The molecule has 0 aliphatic heterocycles. The summed E-state index contributed by atoms with van der Waals surface area (Å²) in [6.45, 7) is -0.129. The summed E-state index contributed by atoms with van der Waals surface area (Å²) in [5.41, 5.74) is 0.276. The number of carbonyl (C=O) groups excluding carboxylic acids is 1. The third-order valence-electron chi connectivity index (χ3n) is 4.21. The summed E-state index contributed by atoms with van der Waals surface area (Å²) in [5.74, 6) is -0.524. The number of rotatable bonds is 4. The number of imidazole rings is 1. The Kier molecular flexibility index (Phi) is 4.11. The standard InChI is InChI=1S/C17H15N5O4S/c1-20-15-14(16(24)21(2)17(20)25)22(9-18-15)7-13(23)26-8-12-19-10-5-3-4-6-11(10)27-12/h3-6,9H,7-8H2,1-2H3. The maximum atomic E-state index is 12.4. The first-order valence-corrected chi connectivity index (χ1v) is 8.88. The lowest BCUT2D eigenvalue weighted by molar-refractivity contribution is -0.145. The lowest BCUT2D eigenvalue weighted by atomic mass is 10.3. The Labute approximate surface area is 156 Å². The average molecular weight is 385 g/mol. The molecule has 0 amide bonds. The van der Waals surface area contributed by atoms with Crippen LogP contribution in [0.1, 0.15) is 5.01 Å². The van der Waals surface area contributed by atoms with E-state index in [1.807, 2.05) is 24.3 Å². The van der Waals surface area contributed by atoms with Gasteiger partial charge in [0.1, 0.15) is 18.2 Å². The summed E-state index contributed by atoms with van der Waals surface area (Å²) in [6.07, 6.45) is 1.35. The first-order valence-electron chi connectivity index (χ1n) is 8.06. The minimum atomic E-state index is -0.524. The molecule has 0 N–H and O–H groups in total. The Morgan fingerprint density at radius 3 is 2.74 bits per heavy atom. The molecule has 138 valence electrons. The molecule has 0 aliphatic rings. The lowest BCUT2D eigenvalue weighted by Gasteiger charge is -2.06. The molecule has 0 bridgehead atoms. The van der Waals surface area contributed by atoms with Crippen LogP contribution in [-0.4, -0.2) is 29.6 Å². The molecule has 0 saturated heterocycles. The van der Waals surface area contributed by atoms with Crippen LogP contribution in [0.4, 0.5) is 0 Å². The second-order valence-electron chi connectivity index (χ2n) is 5.99. The highest BCUT2D eigenvalue weighted by Crippen LogP contribution is 2.22. The molecule has 3 aromatic heterocycles. The van der Waals surface area contributed by atoms with Gasteiger partial charge in [-0.1, -0.05) is 12.1 Å².